The van der Waals surface area contributed by atoms with Gasteiger partial charge in [-0.25, -0.2) is 0 Å². The van der Waals surface area contributed by atoms with E-state index < -0.39 is 0 Å². The van der Waals surface area contributed by atoms with Crippen LogP contribution in [-0.2, 0) is 0 Å². The van der Waals surface area contributed by atoms with Crippen LogP contribution in [-0.4, -0.2) is 11.2 Å². The summed E-state index contributed by atoms with van der Waals surface area (Å²) in [5.74, 6) is 0.827. The molecule has 0 atom stereocenters. The molecule has 0 unspecified atom stereocenters. The van der Waals surface area contributed by atoms with Crippen LogP contribution in [0.1, 0.15) is 44.8 Å². The Hall–Kier alpha value is -2.73. The second kappa shape index (κ2) is 6.29. The molecule has 1 saturated carbocycles. The van der Waals surface area contributed by atoms with Crippen LogP contribution in [0.3, 0.4) is 0 Å². The first-order chi connectivity index (χ1) is 12.2. The molecule has 0 bridgehead atoms. The molecule has 4 rings (SSSR count). The molecule has 1 aliphatic rings. The number of nitrogens with zero attached hydrogens (tertiary/aromatic N) is 2. The minimum Gasteiger partial charge on any atom is -0.494 e. The molecule has 2 aromatic carbocycles. The van der Waals surface area contributed by atoms with Crippen molar-refractivity contribution in [1.29, 1.82) is 5.26 Å². The first-order valence-corrected chi connectivity index (χ1v) is 9.00. The molecule has 0 radical (unpaired) electrons. The number of aryl methyl sites for hydroxylation is 1. The SMILES string of the molecule is CCOc1ccc2c(c1)c(C#N)c(-c1ccc(C)cc1)n2C1CCC1.[HH]. The molecule has 3 nitrogen and oxygen atoms in total. The van der Waals surface area contributed by atoms with E-state index in [0.717, 1.165) is 33.5 Å². The molecule has 0 aliphatic heterocycles. The summed E-state index contributed by atoms with van der Waals surface area (Å²) in [5, 5.41) is 10.9. The van der Waals surface area contributed by atoms with E-state index in [2.05, 4.69) is 47.9 Å². The molecular weight excluding hydrogens is 308 g/mol. The molecule has 0 amide bonds. The smallest absolute Gasteiger partial charge is 0.120 e. The highest BCUT2D eigenvalue weighted by Crippen LogP contribution is 2.43. The van der Waals surface area contributed by atoms with Crippen LogP contribution in [0.5, 0.6) is 5.75 Å². The number of nitriles is 1. The Morgan fingerprint density at radius 3 is 2.56 bits per heavy atom. The fourth-order valence-corrected chi connectivity index (χ4v) is 3.68. The van der Waals surface area contributed by atoms with E-state index in [9.17, 15) is 5.26 Å². The molecule has 1 aliphatic carbocycles. The fourth-order valence-electron chi connectivity index (χ4n) is 3.68. The van der Waals surface area contributed by atoms with Gasteiger partial charge in [-0.1, -0.05) is 29.8 Å². The Labute approximate surface area is 149 Å². The Morgan fingerprint density at radius 2 is 1.96 bits per heavy atom. The number of aromatic nitrogens is 1. The minimum absolute atomic E-state index is 0. The van der Waals surface area contributed by atoms with Crippen LogP contribution in [0.4, 0.5) is 0 Å². The van der Waals surface area contributed by atoms with Crippen LogP contribution >= 0.6 is 0 Å². The van der Waals surface area contributed by atoms with Crippen molar-refractivity contribution in [3.63, 3.8) is 0 Å². The maximum absolute atomic E-state index is 9.93. The molecule has 25 heavy (non-hydrogen) atoms. The number of hydrogen-bond donors (Lipinski definition) is 0. The van der Waals surface area contributed by atoms with Gasteiger partial charge in [0.25, 0.3) is 0 Å². The second-order valence-corrected chi connectivity index (χ2v) is 6.77. The molecule has 1 heterocycles. The predicted molar refractivity (Wildman–Crippen MR) is 103 cm³/mol. The van der Waals surface area contributed by atoms with E-state index in [4.69, 9.17) is 4.74 Å². The molecule has 128 valence electrons. The van der Waals surface area contributed by atoms with Gasteiger partial charge in [0, 0.05) is 12.9 Å². The topological polar surface area (TPSA) is 37.9 Å². The Kier molecular flexibility index (Phi) is 3.97. The average molecular weight is 332 g/mol. The van der Waals surface area contributed by atoms with Gasteiger partial charge in [0.15, 0.2) is 0 Å². The molecule has 0 N–H and O–H groups in total. The number of ether oxygens (including phenoxy) is 1. The highest BCUT2D eigenvalue weighted by atomic mass is 16.5. The van der Waals surface area contributed by atoms with Gasteiger partial charge in [0.2, 0.25) is 0 Å². The van der Waals surface area contributed by atoms with Crippen molar-refractivity contribution in [1.82, 2.24) is 4.57 Å². The molecule has 0 saturated heterocycles. The van der Waals surface area contributed by atoms with Gasteiger partial charge in [-0.15, -0.1) is 0 Å². The van der Waals surface area contributed by atoms with Gasteiger partial charge < -0.3 is 9.30 Å². The third-order valence-electron chi connectivity index (χ3n) is 5.16. The Balaban J connectivity index is 0.00000196. The number of hydrogen-bond acceptors (Lipinski definition) is 2. The molecule has 0 spiro atoms. The van der Waals surface area contributed by atoms with Gasteiger partial charge in [-0.05, 0) is 56.9 Å². The Morgan fingerprint density at radius 1 is 1.20 bits per heavy atom. The first kappa shape index (κ1) is 15.8. The second-order valence-electron chi connectivity index (χ2n) is 6.77. The van der Waals surface area contributed by atoms with E-state index in [-0.39, 0.29) is 1.43 Å². The summed E-state index contributed by atoms with van der Waals surface area (Å²) in [7, 11) is 0. The summed E-state index contributed by atoms with van der Waals surface area (Å²) >= 11 is 0. The maximum Gasteiger partial charge on any atom is 0.120 e. The van der Waals surface area contributed by atoms with E-state index in [1.807, 2.05) is 19.1 Å². The lowest BCUT2D eigenvalue weighted by Crippen LogP contribution is -2.17. The van der Waals surface area contributed by atoms with Crippen LogP contribution < -0.4 is 4.74 Å². The van der Waals surface area contributed by atoms with Crippen molar-refractivity contribution in [3.8, 4) is 23.1 Å². The highest BCUT2D eigenvalue weighted by Gasteiger charge is 2.27. The van der Waals surface area contributed by atoms with Gasteiger partial charge >= 0.3 is 0 Å². The van der Waals surface area contributed by atoms with E-state index >= 15 is 0 Å². The molecule has 1 fully saturated rings. The summed E-state index contributed by atoms with van der Waals surface area (Å²) in [5.41, 5.74) is 5.29. The zero-order valence-electron chi connectivity index (χ0n) is 14.7. The van der Waals surface area contributed by atoms with Gasteiger partial charge in [-0.2, -0.15) is 5.26 Å². The largest absolute Gasteiger partial charge is 0.494 e. The quantitative estimate of drug-likeness (QED) is 0.600. The van der Waals surface area contributed by atoms with Gasteiger partial charge in [0.1, 0.15) is 11.8 Å². The van der Waals surface area contributed by atoms with Crippen molar-refractivity contribution in [2.45, 2.75) is 39.2 Å². The lowest BCUT2D eigenvalue weighted by molar-refractivity contribution is 0.324. The number of benzene rings is 2. The summed E-state index contributed by atoms with van der Waals surface area (Å²) in [4.78, 5) is 0. The van der Waals surface area contributed by atoms with Crippen molar-refractivity contribution >= 4 is 10.9 Å². The zero-order chi connectivity index (χ0) is 17.4. The lowest BCUT2D eigenvalue weighted by atomic mass is 9.92. The van der Waals surface area contributed by atoms with E-state index in [1.165, 1.54) is 24.8 Å². The molecular formula is C22H24N2O. The highest BCUT2D eigenvalue weighted by molar-refractivity contribution is 5.95. The van der Waals surface area contributed by atoms with Gasteiger partial charge in [-0.3, -0.25) is 0 Å². The third kappa shape index (κ3) is 2.59. The summed E-state index contributed by atoms with van der Waals surface area (Å²) in [6.07, 6.45) is 3.62. The van der Waals surface area contributed by atoms with Crippen LogP contribution in [0, 0.1) is 18.3 Å². The zero-order valence-corrected chi connectivity index (χ0v) is 14.7. The number of fused-ring (bicyclic) bond motifs is 1. The monoisotopic (exact) mass is 332 g/mol. The normalized spacial score (nSPS) is 14.3. The van der Waals surface area contributed by atoms with Crippen molar-refractivity contribution in [2.75, 3.05) is 6.61 Å². The molecule has 1 aromatic heterocycles. The minimum atomic E-state index is 0. The first-order valence-electron chi connectivity index (χ1n) is 9.00. The predicted octanol–water partition coefficient (Wildman–Crippen LogP) is 5.86. The fraction of sp³-hybridized carbons (Fsp3) is 0.318. The molecule has 3 aromatic rings. The van der Waals surface area contributed by atoms with E-state index in [1.54, 1.807) is 0 Å². The van der Waals surface area contributed by atoms with Crippen molar-refractivity contribution in [2.24, 2.45) is 0 Å². The summed E-state index contributed by atoms with van der Waals surface area (Å²) in [6, 6.07) is 17.6. The van der Waals surface area contributed by atoms with Crippen LogP contribution in [0.15, 0.2) is 42.5 Å². The maximum atomic E-state index is 9.93. The van der Waals surface area contributed by atoms with Crippen LogP contribution in [0.2, 0.25) is 0 Å². The third-order valence-corrected chi connectivity index (χ3v) is 5.16. The summed E-state index contributed by atoms with van der Waals surface area (Å²) in [6.45, 7) is 4.69. The van der Waals surface area contributed by atoms with Crippen molar-refractivity contribution < 1.29 is 6.16 Å². The van der Waals surface area contributed by atoms with Crippen molar-refractivity contribution in [3.05, 3.63) is 53.6 Å². The lowest BCUT2D eigenvalue weighted by Gasteiger charge is -2.30. The summed E-state index contributed by atoms with van der Waals surface area (Å²) < 4.78 is 8.05. The Bertz CT molecular complexity index is 962. The molecule has 3 heteroatoms. The van der Waals surface area contributed by atoms with Crippen LogP contribution in [0.25, 0.3) is 22.2 Å². The average Bonchev–Trinajstić information content (AvgIpc) is 2.88. The standard InChI is InChI=1S/C22H22N2O.H2/c1-3-25-18-11-12-21-19(13-18)20(14-23)22(24(21)17-5-4-6-17)16-9-7-15(2)8-10-16;/h7-13,17H,3-6H2,1-2H3;1H. The van der Waals surface area contributed by atoms with Gasteiger partial charge in [0.05, 0.1) is 23.4 Å². The van der Waals surface area contributed by atoms with E-state index in [0.29, 0.717) is 12.6 Å². The number of rotatable bonds is 4.